The number of nitrogens with one attached hydrogen (secondary N) is 1. The molecule has 2 unspecified atom stereocenters. The van der Waals surface area contributed by atoms with E-state index in [1.54, 1.807) is 10.6 Å². The Morgan fingerprint density at radius 2 is 1.82 bits per heavy atom. The second kappa shape index (κ2) is 11.9. The lowest BCUT2D eigenvalue weighted by Crippen LogP contribution is -2.46. The molecule has 0 saturated carbocycles. The van der Waals surface area contributed by atoms with Gasteiger partial charge in [-0.05, 0) is 53.8 Å². The number of fused-ring (bicyclic) bond motifs is 3. The van der Waals surface area contributed by atoms with E-state index in [0.29, 0.717) is 29.2 Å². The van der Waals surface area contributed by atoms with Crippen LogP contribution >= 0.6 is 0 Å². The van der Waals surface area contributed by atoms with Gasteiger partial charge in [-0.2, -0.15) is 0 Å². The maximum atomic E-state index is 13.8. The average Bonchev–Trinajstić information content (AvgIpc) is 3.36. The van der Waals surface area contributed by atoms with Crippen molar-refractivity contribution in [3.05, 3.63) is 113 Å². The molecule has 2 atom stereocenters. The van der Waals surface area contributed by atoms with Gasteiger partial charge >= 0.3 is 5.97 Å². The number of halogens is 3. The number of carbonyl (C=O) groups excluding carboxylic acids is 1. The van der Waals surface area contributed by atoms with E-state index >= 15 is 0 Å². The molecule has 0 aliphatic carbocycles. The first-order valence-corrected chi connectivity index (χ1v) is 13.0. The summed E-state index contributed by atoms with van der Waals surface area (Å²) < 4.78 is 54.4. The zero-order valence-corrected chi connectivity index (χ0v) is 21.9. The number of carbonyl (C=O) groups is 1. The lowest BCUT2D eigenvalue weighted by atomic mass is 10.0. The van der Waals surface area contributed by atoms with Crippen molar-refractivity contribution in [3.63, 3.8) is 0 Å². The predicted molar refractivity (Wildman–Crippen MR) is 143 cm³/mol. The van der Waals surface area contributed by atoms with Gasteiger partial charge in [0.1, 0.15) is 42.2 Å². The zero-order chi connectivity index (χ0) is 28.2. The first-order chi connectivity index (χ1) is 19.3. The molecule has 0 spiro atoms. The molecule has 3 aromatic carbocycles. The SMILES string of the molecule is CCc1cccc(CNCC(OC(=O)c2ncn3c2COc2cc(F)ccc2-3)C(N)Cc2cc(F)cc(F)c2)c1. The van der Waals surface area contributed by atoms with Crippen LogP contribution in [-0.2, 0) is 30.7 Å². The van der Waals surface area contributed by atoms with Crippen molar-refractivity contribution in [2.24, 2.45) is 5.73 Å². The highest BCUT2D eigenvalue weighted by Gasteiger charge is 2.29. The Kier molecular flexibility index (Phi) is 8.18. The number of hydrogen-bond donors (Lipinski definition) is 2. The summed E-state index contributed by atoms with van der Waals surface area (Å²) in [6.07, 6.45) is 1.58. The molecule has 40 heavy (non-hydrogen) atoms. The Morgan fingerprint density at radius 3 is 2.60 bits per heavy atom. The fourth-order valence-corrected chi connectivity index (χ4v) is 4.76. The molecule has 10 heteroatoms. The highest BCUT2D eigenvalue weighted by Crippen LogP contribution is 2.31. The number of imidazole rings is 1. The average molecular weight is 551 g/mol. The quantitative estimate of drug-likeness (QED) is 0.280. The van der Waals surface area contributed by atoms with Crippen molar-refractivity contribution < 1.29 is 27.4 Å². The second-order valence-electron chi connectivity index (χ2n) is 9.70. The van der Waals surface area contributed by atoms with Gasteiger partial charge in [0.05, 0.1) is 11.4 Å². The molecule has 3 N–H and O–H groups in total. The van der Waals surface area contributed by atoms with Crippen LogP contribution in [-0.4, -0.2) is 34.2 Å². The predicted octanol–water partition coefficient (Wildman–Crippen LogP) is 4.63. The van der Waals surface area contributed by atoms with Crippen LogP contribution in [0.2, 0.25) is 0 Å². The van der Waals surface area contributed by atoms with E-state index in [9.17, 15) is 18.0 Å². The van der Waals surface area contributed by atoms with Gasteiger partial charge in [0, 0.05) is 31.3 Å². The topological polar surface area (TPSA) is 91.4 Å². The Morgan fingerprint density at radius 1 is 1.05 bits per heavy atom. The molecule has 5 rings (SSSR count). The number of aromatic nitrogens is 2. The number of nitrogens with zero attached hydrogens (tertiary/aromatic N) is 2. The summed E-state index contributed by atoms with van der Waals surface area (Å²) in [5.41, 5.74) is 10.1. The third-order valence-corrected chi connectivity index (χ3v) is 6.81. The van der Waals surface area contributed by atoms with Crippen molar-refractivity contribution >= 4 is 5.97 Å². The third kappa shape index (κ3) is 6.19. The lowest BCUT2D eigenvalue weighted by molar-refractivity contribution is 0.0228. The summed E-state index contributed by atoms with van der Waals surface area (Å²) in [4.78, 5) is 17.6. The van der Waals surface area contributed by atoms with E-state index in [-0.39, 0.29) is 25.3 Å². The standard InChI is InChI=1S/C30H29F3N4O3/c1-2-18-4-3-5-19(8-18)14-35-15-28(24(34)11-20-9-22(32)12-23(33)10-20)40-30(38)29-26-16-39-27-13-21(31)6-7-25(27)37(26)17-36-29/h3-10,12-13,17,24,28,35H,2,11,14-16,34H2,1H3. The molecule has 0 amide bonds. The monoisotopic (exact) mass is 550 g/mol. The van der Waals surface area contributed by atoms with Gasteiger partial charge in [-0.25, -0.2) is 22.9 Å². The summed E-state index contributed by atoms with van der Waals surface area (Å²) in [6, 6.07) is 14.6. The first kappa shape index (κ1) is 27.4. The molecular weight excluding hydrogens is 521 g/mol. The van der Waals surface area contributed by atoms with Crippen molar-refractivity contribution in [3.8, 4) is 11.4 Å². The van der Waals surface area contributed by atoms with Gasteiger partial charge in [0.25, 0.3) is 0 Å². The number of aryl methyl sites for hydroxylation is 1. The fraction of sp³-hybridized carbons (Fsp3) is 0.267. The summed E-state index contributed by atoms with van der Waals surface area (Å²) in [6.45, 7) is 2.76. The van der Waals surface area contributed by atoms with Crippen LogP contribution < -0.4 is 15.8 Å². The van der Waals surface area contributed by atoms with Gasteiger partial charge in [-0.1, -0.05) is 31.2 Å². The first-order valence-electron chi connectivity index (χ1n) is 13.0. The van der Waals surface area contributed by atoms with Gasteiger partial charge in [0.2, 0.25) is 0 Å². The molecule has 4 aromatic rings. The van der Waals surface area contributed by atoms with Crippen LogP contribution in [0, 0.1) is 17.5 Å². The van der Waals surface area contributed by atoms with Crippen LogP contribution in [0.5, 0.6) is 5.75 Å². The third-order valence-electron chi connectivity index (χ3n) is 6.81. The molecule has 0 fully saturated rings. The fourth-order valence-electron chi connectivity index (χ4n) is 4.76. The smallest absolute Gasteiger partial charge is 0.359 e. The van der Waals surface area contributed by atoms with Crippen molar-refractivity contribution in [2.45, 2.75) is 45.1 Å². The Bertz CT molecular complexity index is 1500. The number of hydrogen-bond acceptors (Lipinski definition) is 6. The van der Waals surface area contributed by atoms with Crippen molar-refractivity contribution in [1.29, 1.82) is 0 Å². The number of ether oxygens (including phenoxy) is 2. The minimum atomic E-state index is -0.851. The van der Waals surface area contributed by atoms with E-state index in [1.165, 1.54) is 36.2 Å². The molecule has 1 aliphatic rings. The van der Waals surface area contributed by atoms with Crippen LogP contribution in [0.4, 0.5) is 13.2 Å². The lowest BCUT2D eigenvalue weighted by Gasteiger charge is -2.25. The molecule has 2 heterocycles. The van der Waals surface area contributed by atoms with Crippen LogP contribution in [0.1, 0.15) is 39.8 Å². The van der Waals surface area contributed by atoms with E-state index in [2.05, 4.69) is 23.3 Å². The van der Waals surface area contributed by atoms with E-state index in [1.807, 2.05) is 18.2 Å². The van der Waals surface area contributed by atoms with Crippen LogP contribution in [0.15, 0.2) is 67.0 Å². The number of nitrogens with two attached hydrogens (primary N) is 1. The number of rotatable bonds is 10. The Labute approximate surface area is 229 Å². The van der Waals surface area contributed by atoms with E-state index in [4.69, 9.17) is 15.2 Å². The second-order valence-corrected chi connectivity index (χ2v) is 9.70. The minimum Gasteiger partial charge on any atom is -0.485 e. The maximum Gasteiger partial charge on any atom is 0.359 e. The van der Waals surface area contributed by atoms with E-state index < -0.39 is 35.6 Å². The largest absolute Gasteiger partial charge is 0.485 e. The van der Waals surface area contributed by atoms with Crippen molar-refractivity contribution in [2.75, 3.05) is 6.54 Å². The summed E-state index contributed by atoms with van der Waals surface area (Å²) >= 11 is 0. The van der Waals surface area contributed by atoms with Gasteiger partial charge in [-0.15, -0.1) is 0 Å². The highest BCUT2D eigenvalue weighted by atomic mass is 19.1. The van der Waals surface area contributed by atoms with Gasteiger partial charge < -0.3 is 20.5 Å². The Hall–Kier alpha value is -4.15. The van der Waals surface area contributed by atoms with E-state index in [0.717, 1.165) is 18.1 Å². The summed E-state index contributed by atoms with van der Waals surface area (Å²) in [5, 5.41) is 3.28. The molecule has 0 bridgehead atoms. The normalized spacial score (nSPS) is 13.6. The molecular formula is C30H29F3N4O3. The summed E-state index contributed by atoms with van der Waals surface area (Å²) in [5.74, 6) is -2.25. The van der Waals surface area contributed by atoms with Gasteiger partial charge in [-0.3, -0.25) is 4.57 Å². The highest BCUT2D eigenvalue weighted by molar-refractivity contribution is 5.89. The number of benzene rings is 3. The minimum absolute atomic E-state index is 0.00774. The molecule has 7 nitrogen and oxygen atoms in total. The van der Waals surface area contributed by atoms with Crippen molar-refractivity contribution in [1.82, 2.24) is 14.9 Å². The molecule has 1 aliphatic heterocycles. The molecule has 0 saturated heterocycles. The maximum absolute atomic E-state index is 13.8. The van der Waals surface area contributed by atoms with Crippen LogP contribution in [0.3, 0.4) is 0 Å². The Balaban J connectivity index is 1.34. The number of esters is 1. The van der Waals surface area contributed by atoms with Gasteiger partial charge in [0.15, 0.2) is 5.69 Å². The van der Waals surface area contributed by atoms with Crippen LogP contribution in [0.25, 0.3) is 5.69 Å². The molecule has 208 valence electrons. The molecule has 0 radical (unpaired) electrons. The molecule has 1 aromatic heterocycles. The summed E-state index contributed by atoms with van der Waals surface area (Å²) in [7, 11) is 0. The zero-order valence-electron chi connectivity index (χ0n) is 21.9.